The van der Waals surface area contributed by atoms with Crippen molar-refractivity contribution >= 4 is 10.2 Å². The molecule has 0 bridgehead atoms. The number of hydrogen-bond donors (Lipinski definition) is 2. The van der Waals surface area contributed by atoms with Gasteiger partial charge in [-0.25, -0.2) is 0 Å². The summed E-state index contributed by atoms with van der Waals surface area (Å²) in [5, 5.41) is 0. The summed E-state index contributed by atoms with van der Waals surface area (Å²) in [5.41, 5.74) is 5.61. The van der Waals surface area contributed by atoms with Crippen molar-refractivity contribution in [3.8, 4) is 0 Å². The largest absolute Gasteiger partial charge is 0.380 e. The maximum atomic E-state index is 12.1. The van der Waals surface area contributed by atoms with Crippen molar-refractivity contribution < 1.29 is 13.2 Å². The average Bonchev–Trinajstić information content (AvgIpc) is 2.81. The molecule has 6 nitrogen and oxygen atoms in total. The molecular weight excluding hydrogens is 242 g/mol. The minimum atomic E-state index is -3.36. The third-order valence-corrected chi connectivity index (χ3v) is 5.04. The van der Waals surface area contributed by atoms with Gasteiger partial charge in [-0.1, -0.05) is 0 Å². The van der Waals surface area contributed by atoms with E-state index in [-0.39, 0.29) is 6.04 Å². The van der Waals surface area contributed by atoms with Crippen molar-refractivity contribution in [3.05, 3.63) is 0 Å². The van der Waals surface area contributed by atoms with Crippen LogP contribution in [0.15, 0.2) is 0 Å². The normalized spacial score (nSPS) is 31.8. The van der Waals surface area contributed by atoms with Gasteiger partial charge in [0.05, 0.1) is 6.61 Å². The molecule has 0 spiro atoms. The highest BCUT2D eigenvalue weighted by molar-refractivity contribution is 7.87. The van der Waals surface area contributed by atoms with Crippen molar-refractivity contribution in [2.24, 2.45) is 11.7 Å². The summed E-state index contributed by atoms with van der Waals surface area (Å²) in [6, 6.07) is -0.0711. The van der Waals surface area contributed by atoms with Crippen LogP contribution in [0.4, 0.5) is 0 Å². The Morgan fingerprint density at radius 1 is 1.41 bits per heavy atom. The van der Waals surface area contributed by atoms with Gasteiger partial charge in [0.2, 0.25) is 0 Å². The molecule has 2 atom stereocenters. The Labute approximate surface area is 103 Å². The second-order valence-corrected chi connectivity index (χ2v) is 6.49. The van der Waals surface area contributed by atoms with E-state index in [0.717, 1.165) is 19.3 Å². The van der Waals surface area contributed by atoms with Crippen LogP contribution in [0.5, 0.6) is 0 Å². The van der Waals surface area contributed by atoms with E-state index in [2.05, 4.69) is 4.72 Å². The summed E-state index contributed by atoms with van der Waals surface area (Å²) in [5.74, 6) is 0.292. The first-order valence-corrected chi connectivity index (χ1v) is 7.61. The first-order valence-electron chi connectivity index (χ1n) is 6.17. The van der Waals surface area contributed by atoms with Crippen LogP contribution >= 0.6 is 0 Å². The van der Waals surface area contributed by atoms with Crippen molar-refractivity contribution in [3.63, 3.8) is 0 Å². The Bertz CT molecular complexity index is 341. The standard InChI is InChI=1S/C10H21N3O3S/c11-6-9-2-1-4-13(7-9)17(14,15)12-10-3-5-16-8-10/h9-10,12H,1-8,11H2. The fourth-order valence-corrected chi connectivity index (χ4v) is 3.88. The van der Waals surface area contributed by atoms with Crippen LogP contribution in [0.25, 0.3) is 0 Å². The highest BCUT2D eigenvalue weighted by Gasteiger charge is 2.31. The van der Waals surface area contributed by atoms with E-state index in [1.165, 1.54) is 4.31 Å². The van der Waals surface area contributed by atoms with Crippen molar-refractivity contribution in [2.45, 2.75) is 25.3 Å². The van der Waals surface area contributed by atoms with Gasteiger partial charge in [-0.15, -0.1) is 0 Å². The van der Waals surface area contributed by atoms with Gasteiger partial charge in [0, 0.05) is 25.7 Å². The summed E-state index contributed by atoms with van der Waals surface area (Å²) in [6.45, 7) is 2.81. The Morgan fingerprint density at radius 3 is 2.88 bits per heavy atom. The minimum absolute atomic E-state index is 0.0711. The Hall–Kier alpha value is -0.210. The molecule has 100 valence electrons. The number of rotatable bonds is 4. The molecule has 7 heteroatoms. The van der Waals surface area contributed by atoms with Crippen LogP contribution in [0.1, 0.15) is 19.3 Å². The van der Waals surface area contributed by atoms with Gasteiger partial charge in [0.15, 0.2) is 0 Å². The quantitative estimate of drug-likeness (QED) is 0.701. The van der Waals surface area contributed by atoms with E-state index < -0.39 is 10.2 Å². The van der Waals surface area contributed by atoms with Crippen LogP contribution in [-0.2, 0) is 14.9 Å². The third kappa shape index (κ3) is 3.38. The summed E-state index contributed by atoms with van der Waals surface area (Å²) < 4.78 is 33.6. The Kier molecular flexibility index (Phi) is 4.37. The highest BCUT2D eigenvalue weighted by Crippen LogP contribution is 2.18. The molecule has 17 heavy (non-hydrogen) atoms. The van der Waals surface area contributed by atoms with Gasteiger partial charge in [0.25, 0.3) is 10.2 Å². The maximum absolute atomic E-state index is 12.1. The fraction of sp³-hybridized carbons (Fsp3) is 1.00. The zero-order valence-corrected chi connectivity index (χ0v) is 10.8. The molecule has 0 aromatic rings. The predicted octanol–water partition coefficient (Wildman–Crippen LogP) is -0.720. The first kappa shape index (κ1) is 13.2. The van der Waals surface area contributed by atoms with Gasteiger partial charge in [0.1, 0.15) is 0 Å². The van der Waals surface area contributed by atoms with E-state index in [4.69, 9.17) is 10.5 Å². The van der Waals surface area contributed by atoms with Gasteiger partial charge >= 0.3 is 0 Å². The van der Waals surface area contributed by atoms with Crippen LogP contribution in [0.2, 0.25) is 0 Å². The number of nitrogens with zero attached hydrogens (tertiary/aromatic N) is 1. The molecule has 2 fully saturated rings. The smallest absolute Gasteiger partial charge is 0.279 e. The predicted molar refractivity (Wildman–Crippen MR) is 64.6 cm³/mol. The molecule has 2 unspecified atom stereocenters. The molecule has 2 heterocycles. The number of hydrogen-bond acceptors (Lipinski definition) is 4. The number of ether oxygens (including phenoxy) is 1. The van der Waals surface area contributed by atoms with Crippen molar-refractivity contribution in [1.82, 2.24) is 9.03 Å². The molecular formula is C10H21N3O3S. The molecule has 0 amide bonds. The van der Waals surface area contributed by atoms with Gasteiger partial charge in [-0.05, 0) is 31.7 Å². The van der Waals surface area contributed by atoms with Gasteiger partial charge in [-0.3, -0.25) is 0 Å². The lowest BCUT2D eigenvalue weighted by Crippen LogP contribution is -2.50. The number of nitrogens with two attached hydrogens (primary N) is 1. The zero-order valence-electron chi connectivity index (χ0n) is 9.97. The molecule has 0 aliphatic carbocycles. The first-order chi connectivity index (χ1) is 8.12. The monoisotopic (exact) mass is 263 g/mol. The summed E-state index contributed by atoms with van der Waals surface area (Å²) in [4.78, 5) is 0. The van der Waals surface area contributed by atoms with E-state index in [1.807, 2.05) is 0 Å². The fourth-order valence-electron chi connectivity index (χ4n) is 2.35. The molecule has 3 N–H and O–H groups in total. The molecule has 2 aliphatic heterocycles. The lowest BCUT2D eigenvalue weighted by atomic mass is 10.0. The van der Waals surface area contributed by atoms with E-state index >= 15 is 0 Å². The topological polar surface area (TPSA) is 84.7 Å². The molecule has 0 saturated carbocycles. The van der Waals surface area contributed by atoms with Crippen LogP contribution in [0.3, 0.4) is 0 Å². The molecule has 2 saturated heterocycles. The molecule has 2 aliphatic rings. The van der Waals surface area contributed by atoms with Gasteiger partial charge in [-0.2, -0.15) is 17.4 Å². The van der Waals surface area contributed by atoms with Gasteiger partial charge < -0.3 is 10.5 Å². The Morgan fingerprint density at radius 2 is 2.24 bits per heavy atom. The molecule has 0 aromatic heterocycles. The minimum Gasteiger partial charge on any atom is -0.380 e. The number of piperidine rings is 1. The van der Waals surface area contributed by atoms with Crippen LogP contribution < -0.4 is 10.5 Å². The lowest BCUT2D eigenvalue weighted by molar-refractivity contribution is 0.192. The van der Waals surface area contributed by atoms with Crippen molar-refractivity contribution in [1.29, 1.82) is 0 Å². The average molecular weight is 263 g/mol. The second-order valence-electron chi connectivity index (χ2n) is 4.79. The molecule has 0 aromatic carbocycles. The van der Waals surface area contributed by atoms with Crippen LogP contribution in [0, 0.1) is 5.92 Å². The molecule has 0 radical (unpaired) electrons. The maximum Gasteiger partial charge on any atom is 0.279 e. The highest BCUT2D eigenvalue weighted by atomic mass is 32.2. The SMILES string of the molecule is NCC1CCCN(S(=O)(=O)NC2CCOC2)C1. The van der Waals surface area contributed by atoms with Crippen LogP contribution in [-0.4, -0.2) is 51.6 Å². The summed E-state index contributed by atoms with van der Waals surface area (Å²) >= 11 is 0. The van der Waals surface area contributed by atoms with E-state index in [9.17, 15) is 8.42 Å². The zero-order chi connectivity index (χ0) is 12.3. The van der Waals surface area contributed by atoms with E-state index in [0.29, 0.717) is 38.8 Å². The lowest BCUT2D eigenvalue weighted by Gasteiger charge is -2.31. The third-order valence-electron chi connectivity index (χ3n) is 3.40. The summed E-state index contributed by atoms with van der Waals surface area (Å²) in [6.07, 6.45) is 2.67. The number of nitrogens with one attached hydrogen (secondary N) is 1. The van der Waals surface area contributed by atoms with Crippen molar-refractivity contribution in [2.75, 3.05) is 32.8 Å². The Balaban J connectivity index is 1.94. The summed E-state index contributed by atoms with van der Waals surface area (Å²) in [7, 11) is -3.36. The molecule has 2 rings (SSSR count). The van der Waals surface area contributed by atoms with E-state index in [1.54, 1.807) is 0 Å². The second kappa shape index (κ2) is 5.62.